The highest BCUT2D eigenvalue weighted by molar-refractivity contribution is 7.21. The average Bonchev–Trinajstić information content (AvgIpc) is 3.54. The first kappa shape index (κ1) is 14.4. The van der Waals surface area contributed by atoms with Gasteiger partial charge in [-0.25, -0.2) is 4.98 Å². The Morgan fingerprint density at radius 3 is 2.08 bits per heavy atom. The Hall–Kier alpha value is -4.79. The van der Waals surface area contributed by atoms with E-state index in [0.29, 0.717) is 11.1 Å². The molecule has 0 radical (unpaired) electrons. The molecule has 0 fully saturated rings. The highest BCUT2D eigenvalue weighted by Gasteiger charge is 2.16. The third kappa shape index (κ3) is 3.72. The zero-order chi connectivity index (χ0) is 34.5. The van der Waals surface area contributed by atoms with Crippen LogP contribution in [0.3, 0.4) is 0 Å². The normalized spacial score (nSPS) is 15.2. The molecule has 1 heterocycles. The van der Waals surface area contributed by atoms with Crippen LogP contribution in [0.4, 0.5) is 0 Å². The lowest BCUT2D eigenvalue weighted by atomic mass is 9.90. The van der Waals surface area contributed by atoms with Gasteiger partial charge < -0.3 is 0 Å². The molecule has 2 heteroatoms. The quantitative estimate of drug-likeness (QED) is 0.210. The largest absolute Gasteiger partial charge is 0.235 e. The average molecular weight is 524 g/mol. The fraction of sp³-hybridized carbons (Fsp3) is 0. The van der Waals surface area contributed by atoms with Crippen molar-refractivity contribution in [3.05, 3.63) is 139 Å². The van der Waals surface area contributed by atoms with Crippen molar-refractivity contribution in [1.29, 1.82) is 0 Å². The van der Waals surface area contributed by atoms with Crippen molar-refractivity contribution < 1.29 is 13.7 Å². The van der Waals surface area contributed by atoms with Gasteiger partial charge in [0.15, 0.2) is 0 Å². The van der Waals surface area contributed by atoms with Gasteiger partial charge in [-0.1, -0.05) is 115 Å². The van der Waals surface area contributed by atoms with Crippen LogP contribution in [-0.2, 0) is 0 Å². The van der Waals surface area contributed by atoms with Gasteiger partial charge in [0.05, 0.1) is 23.9 Å². The molecule has 0 bridgehead atoms. The standard InChI is InChI=1S/C37H23NS/c1-3-9-24(10-4-1)28-17-19-31-32(29-16-15-25-11-7-8-14-27(25)21-29)23-30-18-20-34-36(35(30)33(31)22-28)38-37(39-34)26-12-5-2-6-13-26/h1-23H/i1D,2D,3D,4D,5D,6D,9D,10D,12D,13D. The van der Waals surface area contributed by atoms with Gasteiger partial charge >= 0.3 is 0 Å². The SMILES string of the molecule is [2H]c1c([2H])c([2H])c(-c2ccc3c(-c4ccc5ccccc5c4)cc4ccc5sc(-c6c([2H])c([2H])c([2H])c([2H])c6[2H])nc5c4c3c2)c([2H])c1[2H]. The maximum absolute atomic E-state index is 8.65. The maximum atomic E-state index is 8.65. The molecule has 0 aliphatic carbocycles. The van der Waals surface area contributed by atoms with Crippen LogP contribution in [0, 0.1) is 0 Å². The summed E-state index contributed by atoms with van der Waals surface area (Å²) < 4.78 is 84.2. The van der Waals surface area contributed by atoms with Crippen molar-refractivity contribution in [1.82, 2.24) is 4.98 Å². The zero-order valence-electron chi connectivity index (χ0n) is 30.4. The molecule has 0 amide bonds. The molecule has 0 aliphatic rings. The van der Waals surface area contributed by atoms with Gasteiger partial charge in [0.2, 0.25) is 0 Å². The molecule has 39 heavy (non-hydrogen) atoms. The summed E-state index contributed by atoms with van der Waals surface area (Å²) in [5, 5.41) is 5.61. The van der Waals surface area contributed by atoms with Crippen LogP contribution in [0.1, 0.15) is 13.7 Å². The number of hydrogen-bond donors (Lipinski definition) is 0. The number of nitrogens with zero attached hydrogens (tertiary/aromatic N) is 1. The first-order chi connectivity index (χ1) is 23.5. The minimum atomic E-state index is -0.474. The lowest BCUT2D eigenvalue weighted by Crippen LogP contribution is -1.88. The molecule has 8 rings (SSSR count). The van der Waals surface area contributed by atoms with E-state index in [1.165, 1.54) is 11.3 Å². The number of benzene rings is 7. The molecule has 0 spiro atoms. The summed E-state index contributed by atoms with van der Waals surface area (Å²) in [6, 6.07) is 21.9. The van der Waals surface area contributed by atoms with E-state index >= 15 is 0 Å². The van der Waals surface area contributed by atoms with Crippen LogP contribution in [-0.4, -0.2) is 4.98 Å². The van der Waals surface area contributed by atoms with Gasteiger partial charge in [-0.2, -0.15) is 0 Å². The molecule has 0 saturated carbocycles. The Kier molecular flexibility index (Phi) is 3.28. The van der Waals surface area contributed by atoms with E-state index in [4.69, 9.17) is 18.7 Å². The minimum Gasteiger partial charge on any atom is -0.235 e. The molecule has 0 saturated heterocycles. The Labute approximate surface area is 244 Å². The molecule has 0 aliphatic heterocycles. The van der Waals surface area contributed by atoms with Crippen LogP contribution in [0.5, 0.6) is 0 Å². The fourth-order valence-corrected chi connectivity index (χ4v) is 6.17. The predicted octanol–water partition coefficient (Wildman–Crippen LogP) is 10.8. The lowest BCUT2D eigenvalue weighted by Gasteiger charge is -2.14. The maximum Gasteiger partial charge on any atom is 0.124 e. The smallest absolute Gasteiger partial charge is 0.124 e. The molecule has 8 aromatic rings. The molecule has 1 nitrogen and oxygen atoms in total. The van der Waals surface area contributed by atoms with E-state index in [-0.39, 0.29) is 40.3 Å². The second kappa shape index (κ2) is 8.90. The van der Waals surface area contributed by atoms with Crippen LogP contribution >= 0.6 is 11.3 Å². The fourth-order valence-electron chi connectivity index (χ4n) is 5.24. The van der Waals surface area contributed by atoms with E-state index in [0.717, 1.165) is 48.1 Å². The van der Waals surface area contributed by atoms with Gasteiger partial charge in [-0.3, -0.25) is 0 Å². The molecular formula is C37H23NS. The molecule has 0 N–H and O–H groups in total. The Balaban J connectivity index is 1.48. The van der Waals surface area contributed by atoms with Crippen molar-refractivity contribution in [2.75, 3.05) is 0 Å². The third-order valence-electron chi connectivity index (χ3n) is 7.04. The van der Waals surface area contributed by atoms with Crippen molar-refractivity contribution in [2.45, 2.75) is 0 Å². The number of thiazole rings is 1. The topological polar surface area (TPSA) is 12.9 Å². The summed E-state index contributed by atoms with van der Waals surface area (Å²) in [5.41, 5.74) is 3.03. The molecule has 1 aromatic heterocycles. The Morgan fingerprint density at radius 2 is 1.26 bits per heavy atom. The number of fused-ring (bicyclic) bond motifs is 6. The van der Waals surface area contributed by atoms with Crippen LogP contribution in [0.25, 0.3) is 75.4 Å². The van der Waals surface area contributed by atoms with Gasteiger partial charge in [-0.15, -0.1) is 11.3 Å². The molecule has 0 atom stereocenters. The number of aromatic nitrogens is 1. The molecular weight excluding hydrogens is 490 g/mol. The second-order valence-corrected chi connectivity index (χ2v) is 10.3. The van der Waals surface area contributed by atoms with Crippen LogP contribution in [0.15, 0.2) is 139 Å². The summed E-state index contributed by atoms with van der Waals surface area (Å²) in [6.07, 6.45) is 0. The number of rotatable bonds is 3. The summed E-state index contributed by atoms with van der Waals surface area (Å²) in [6.45, 7) is 0. The monoisotopic (exact) mass is 523 g/mol. The van der Waals surface area contributed by atoms with Crippen molar-refractivity contribution in [3.8, 4) is 32.8 Å². The van der Waals surface area contributed by atoms with Gasteiger partial charge in [-0.05, 0) is 73.5 Å². The highest BCUT2D eigenvalue weighted by Crippen LogP contribution is 2.42. The summed E-state index contributed by atoms with van der Waals surface area (Å²) in [7, 11) is 0. The zero-order valence-corrected chi connectivity index (χ0v) is 21.2. The first-order valence-electron chi connectivity index (χ1n) is 17.4. The lowest BCUT2D eigenvalue weighted by molar-refractivity contribution is 1.49. The predicted molar refractivity (Wildman–Crippen MR) is 168 cm³/mol. The summed E-state index contributed by atoms with van der Waals surface area (Å²) in [4.78, 5) is 4.91. The van der Waals surface area contributed by atoms with E-state index < -0.39 is 36.3 Å². The van der Waals surface area contributed by atoms with Crippen molar-refractivity contribution in [2.24, 2.45) is 0 Å². The minimum absolute atomic E-state index is 0.0252. The van der Waals surface area contributed by atoms with E-state index in [1.807, 2.05) is 36.4 Å². The van der Waals surface area contributed by atoms with Crippen molar-refractivity contribution in [3.63, 3.8) is 0 Å². The molecule has 182 valence electrons. The summed E-state index contributed by atoms with van der Waals surface area (Å²) >= 11 is 1.23. The molecule has 7 aromatic carbocycles. The summed E-state index contributed by atoms with van der Waals surface area (Å²) in [5.74, 6) is 0. The van der Waals surface area contributed by atoms with Crippen molar-refractivity contribution >= 4 is 53.9 Å². The Bertz CT molecular complexity index is 2680. The molecule has 0 unspecified atom stereocenters. The Morgan fingerprint density at radius 1 is 0.538 bits per heavy atom. The van der Waals surface area contributed by atoms with E-state index in [2.05, 4.69) is 36.4 Å². The number of hydrogen-bond acceptors (Lipinski definition) is 2. The highest BCUT2D eigenvalue weighted by atomic mass is 32.1. The second-order valence-electron chi connectivity index (χ2n) is 9.28. The third-order valence-corrected chi connectivity index (χ3v) is 8.07. The van der Waals surface area contributed by atoms with Crippen LogP contribution in [0.2, 0.25) is 0 Å². The van der Waals surface area contributed by atoms with E-state index in [1.54, 1.807) is 6.07 Å². The van der Waals surface area contributed by atoms with Crippen LogP contribution < -0.4 is 0 Å². The van der Waals surface area contributed by atoms with Gasteiger partial charge in [0, 0.05) is 10.9 Å². The van der Waals surface area contributed by atoms with E-state index in [9.17, 15) is 0 Å². The van der Waals surface area contributed by atoms with Gasteiger partial charge in [0.1, 0.15) is 5.01 Å². The first-order valence-corrected chi connectivity index (χ1v) is 13.2. The van der Waals surface area contributed by atoms with Gasteiger partial charge in [0.25, 0.3) is 0 Å².